The Morgan fingerprint density at radius 1 is 1.29 bits per heavy atom. The third kappa shape index (κ3) is 3.41. The Labute approximate surface area is 131 Å². The summed E-state index contributed by atoms with van der Waals surface area (Å²) in [6.07, 6.45) is 0. The lowest BCUT2D eigenvalue weighted by Crippen LogP contribution is -2.27. The van der Waals surface area contributed by atoms with Gasteiger partial charge in [0.05, 0.1) is 27.7 Å². The van der Waals surface area contributed by atoms with E-state index >= 15 is 0 Å². The molecular formula is C16H14BrN3O. The fraction of sp³-hybridized carbons (Fsp3) is 0.125. The number of carbonyl (C=O) groups excluding carboxylic acids is 1. The molecule has 4 nitrogen and oxygen atoms in total. The fourth-order valence-corrected chi connectivity index (χ4v) is 2.37. The number of nitriles is 1. The first-order valence-electron chi connectivity index (χ1n) is 6.38. The molecule has 2 aromatic carbocycles. The van der Waals surface area contributed by atoms with Gasteiger partial charge in [-0.05, 0) is 52.7 Å². The molecule has 106 valence electrons. The zero-order valence-corrected chi connectivity index (χ0v) is 13.0. The Kier molecular flexibility index (Phi) is 4.61. The number of anilines is 1. The lowest BCUT2D eigenvalue weighted by atomic mass is 10.1. The molecule has 0 saturated heterocycles. The minimum absolute atomic E-state index is 0.168. The molecule has 0 bridgehead atoms. The van der Waals surface area contributed by atoms with E-state index in [1.54, 1.807) is 30.3 Å². The van der Waals surface area contributed by atoms with Crippen molar-refractivity contribution in [2.45, 2.75) is 13.0 Å². The summed E-state index contributed by atoms with van der Waals surface area (Å²) in [6.45, 7) is 1.89. The van der Waals surface area contributed by atoms with E-state index in [1.165, 1.54) is 0 Å². The Hall–Kier alpha value is -2.32. The Balaban J connectivity index is 2.15. The second-order valence-corrected chi connectivity index (χ2v) is 5.43. The van der Waals surface area contributed by atoms with Crippen LogP contribution in [-0.4, -0.2) is 5.91 Å². The molecule has 0 heterocycles. The summed E-state index contributed by atoms with van der Waals surface area (Å²) in [4.78, 5) is 12.3. The summed E-state index contributed by atoms with van der Waals surface area (Å²) < 4.78 is 0.592. The SMILES string of the molecule is CC(NC(=O)c1cccc(N)c1Br)c1ccc(C#N)cc1. The number of halogens is 1. The first kappa shape index (κ1) is 15.1. The maximum atomic E-state index is 12.3. The van der Waals surface area contributed by atoms with E-state index in [1.807, 2.05) is 19.1 Å². The van der Waals surface area contributed by atoms with Gasteiger partial charge in [0, 0.05) is 5.69 Å². The summed E-state index contributed by atoms with van der Waals surface area (Å²) in [5, 5.41) is 11.7. The van der Waals surface area contributed by atoms with Crippen molar-refractivity contribution in [3.8, 4) is 6.07 Å². The van der Waals surface area contributed by atoms with Gasteiger partial charge in [-0.2, -0.15) is 5.26 Å². The molecule has 0 aliphatic carbocycles. The molecule has 1 amide bonds. The largest absolute Gasteiger partial charge is 0.398 e. The van der Waals surface area contributed by atoms with Crippen molar-refractivity contribution in [3.05, 3.63) is 63.6 Å². The number of benzene rings is 2. The van der Waals surface area contributed by atoms with Crippen LogP contribution in [0, 0.1) is 11.3 Å². The number of nitrogens with two attached hydrogens (primary N) is 1. The molecule has 0 aliphatic heterocycles. The van der Waals surface area contributed by atoms with Crippen LogP contribution >= 0.6 is 15.9 Å². The normalized spacial score (nSPS) is 11.5. The van der Waals surface area contributed by atoms with E-state index in [0.717, 1.165) is 5.56 Å². The summed E-state index contributed by atoms with van der Waals surface area (Å²) in [5.41, 5.74) is 8.32. The first-order valence-corrected chi connectivity index (χ1v) is 7.17. The quantitative estimate of drug-likeness (QED) is 0.838. The molecule has 0 aliphatic rings. The van der Waals surface area contributed by atoms with E-state index in [2.05, 4.69) is 27.3 Å². The summed E-state index contributed by atoms with van der Waals surface area (Å²) in [7, 11) is 0. The second-order valence-electron chi connectivity index (χ2n) is 4.64. The highest BCUT2D eigenvalue weighted by Crippen LogP contribution is 2.24. The fourth-order valence-electron chi connectivity index (χ4n) is 1.93. The van der Waals surface area contributed by atoms with Crippen molar-refractivity contribution in [2.24, 2.45) is 0 Å². The van der Waals surface area contributed by atoms with E-state index < -0.39 is 0 Å². The van der Waals surface area contributed by atoms with Crippen molar-refractivity contribution in [3.63, 3.8) is 0 Å². The van der Waals surface area contributed by atoms with Crippen LogP contribution in [0.2, 0.25) is 0 Å². The Bertz CT molecular complexity index is 704. The highest BCUT2D eigenvalue weighted by Gasteiger charge is 2.15. The van der Waals surface area contributed by atoms with E-state index in [9.17, 15) is 4.79 Å². The zero-order valence-electron chi connectivity index (χ0n) is 11.4. The monoisotopic (exact) mass is 343 g/mol. The van der Waals surface area contributed by atoms with Gasteiger partial charge in [-0.1, -0.05) is 18.2 Å². The van der Waals surface area contributed by atoms with Crippen LogP contribution in [0.5, 0.6) is 0 Å². The molecule has 0 fully saturated rings. The third-order valence-corrected chi connectivity index (χ3v) is 4.05. The molecule has 1 unspecified atom stereocenters. The van der Waals surface area contributed by atoms with Gasteiger partial charge in [0.15, 0.2) is 0 Å². The number of rotatable bonds is 3. The molecule has 1 atom stereocenters. The number of nitrogens with zero attached hydrogens (tertiary/aromatic N) is 1. The molecule has 2 aromatic rings. The Morgan fingerprint density at radius 2 is 1.95 bits per heavy atom. The second kappa shape index (κ2) is 6.42. The van der Waals surface area contributed by atoms with Crippen molar-refractivity contribution >= 4 is 27.5 Å². The Morgan fingerprint density at radius 3 is 2.57 bits per heavy atom. The standard InChI is InChI=1S/C16H14BrN3O/c1-10(12-7-5-11(9-18)6-8-12)20-16(21)13-3-2-4-14(19)15(13)17/h2-8,10H,19H2,1H3,(H,20,21). The van der Waals surface area contributed by atoms with E-state index in [-0.39, 0.29) is 11.9 Å². The molecule has 5 heteroatoms. The van der Waals surface area contributed by atoms with Crippen LogP contribution in [0.25, 0.3) is 0 Å². The van der Waals surface area contributed by atoms with Gasteiger partial charge in [-0.3, -0.25) is 4.79 Å². The van der Waals surface area contributed by atoms with Crippen molar-refractivity contribution in [2.75, 3.05) is 5.73 Å². The van der Waals surface area contributed by atoms with E-state index in [4.69, 9.17) is 11.0 Å². The van der Waals surface area contributed by atoms with Gasteiger partial charge < -0.3 is 11.1 Å². The predicted molar refractivity (Wildman–Crippen MR) is 85.6 cm³/mol. The molecule has 0 radical (unpaired) electrons. The maximum absolute atomic E-state index is 12.3. The summed E-state index contributed by atoms with van der Waals surface area (Å²) >= 11 is 3.32. The van der Waals surface area contributed by atoms with Gasteiger partial charge in [0.2, 0.25) is 0 Å². The predicted octanol–water partition coefficient (Wildman–Crippen LogP) is 3.39. The van der Waals surface area contributed by atoms with Crippen LogP contribution < -0.4 is 11.1 Å². The number of amides is 1. The number of carbonyl (C=O) groups is 1. The molecule has 0 saturated carbocycles. The molecule has 21 heavy (non-hydrogen) atoms. The van der Waals surface area contributed by atoms with Crippen molar-refractivity contribution in [1.82, 2.24) is 5.32 Å². The molecule has 0 spiro atoms. The molecular weight excluding hydrogens is 330 g/mol. The van der Waals surface area contributed by atoms with Gasteiger partial charge in [0.1, 0.15) is 0 Å². The minimum Gasteiger partial charge on any atom is -0.398 e. The van der Waals surface area contributed by atoms with Crippen molar-refractivity contribution in [1.29, 1.82) is 5.26 Å². The number of nitrogens with one attached hydrogen (secondary N) is 1. The third-order valence-electron chi connectivity index (χ3n) is 3.16. The lowest BCUT2D eigenvalue weighted by Gasteiger charge is -2.15. The average Bonchev–Trinajstić information content (AvgIpc) is 2.50. The number of hydrogen-bond donors (Lipinski definition) is 2. The number of nitrogen functional groups attached to an aromatic ring is 1. The topological polar surface area (TPSA) is 78.9 Å². The zero-order chi connectivity index (χ0) is 15.4. The van der Waals surface area contributed by atoms with Gasteiger partial charge in [0.25, 0.3) is 5.91 Å². The van der Waals surface area contributed by atoms with E-state index in [0.29, 0.717) is 21.3 Å². The maximum Gasteiger partial charge on any atom is 0.252 e. The van der Waals surface area contributed by atoms with Crippen molar-refractivity contribution < 1.29 is 4.79 Å². The highest BCUT2D eigenvalue weighted by atomic mass is 79.9. The van der Waals surface area contributed by atoms with Crippen LogP contribution in [0.4, 0.5) is 5.69 Å². The van der Waals surface area contributed by atoms with Crippen LogP contribution in [0.15, 0.2) is 46.9 Å². The van der Waals surface area contributed by atoms with Crippen LogP contribution in [0.1, 0.15) is 34.5 Å². The smallest absolute Gasteiger partial charge is 0.252 e. The molecule has 2 rings (SSSR count). The highest BCUT2D eigenvalue weighted by molar-refractivity contribution is 9.10. The van der Waals surface area contributed by atoms with Gasteiger partial charge >= 0.3 is 0 Å². The average molecular weight is 344 g/mol. The van der Waals surface area contributed by atoms with Gasteiger partial charge in [-0.25, -0.2) is 0 Å². The summed E-state index contributed by atoms with van der Waals surface area (Å²) in [5.74, 6) is -0.203. The first-order chi connectivity index (χ1) is 10.0. The molecule has 3 N–H and O–H groups in total. The molecule has 0 aromatic heterocycles. The lowest BCUT2D eigenvalue weighted by molar-refractivity contribution is 0.0939. The number of hydrogen-bond acceptors (Lipinski definition) is 3. The van der Waals surface area contributed by atoms with Crippen LogP contribution in [0.3, 0.4) is 0 Å². The summed E-state index contributed by atoms with van der Waals surface area (Å²) in [6, 6.07) is 14.2. The van der Waals surface area contributed by atoms with Crippen LogP contribution in [-0.2, 0) is 0 Å². The minimum atomic E-state index is -0.203. The van der Waals surface area contributed by atoms with Gasteiger partial charge in [-0.15, -0.1) is 0 Å².